The number of imide groups is 1. The van der Waals surface area contributed by atoms with E-state index in [0.717, 1.165) is 5.56 Å². The highest BCUT2D eigenvalue weighted by atomic mass is 16.2. The molecule has 0 atom stereocenters. The average Bonchev–Trinajstić information content (AvgIpc) is 2.59. The molecule has 2 amide bonds. The molecule has 1 aliphatic rings. The van der Waals surface area contributed by atoms with Gasteiger partial charge < -0.3 is 5.73 Å². The Bertz CT molecular complexity index is 451. The number of hydrogen-bond acceptors (Lipinski definition) is 3. The van der Waals surface area contributed by atoms with Crippen LogP contribution in [0.5, 0.6) is 0 Å². The van der Waals surface area contributed by atoms with E-state index in [1.807, 2.05) is 30.3 Å². The van der Waals surface area contributed by atoms with Gasteiger partial charge in [-0.1, -0.05) is 30.3 Å². The summed E-state index contributed by atoms with van der Waals surface area (Å²) >= 11 is 0. The number of nitrogens with zero attached hydrogens (tertiary/aromatic N) is 1. The van der Waals surface area contributed by atoms with Gasteiger partial charge in [0.25, 0.3) is 11.8 Å². The van der Waals surface area contributed by atoms with Gasteiger partial charge in [0.2, 0.25) is 0 Å². The van der Waals surface area contributed by atoms with Gasteiger partial charge in [-0.05, 0) is 5.56 Å². The molecule has 4 heteroatoms. The fraction of sp³-hybridized carbons (Fsp3) is 0.167. The smallest absolute Gasteiger partial charge is 0.261 e. The van der Waals surface area contributed by atoms with Crippen molar-refractivity contribution in [3.05, 3.63) is 42.0 Å². The zero-order valence-corrected chi connectivity index (χ0v) is 8.72. The number of benzene rings is 1. The lowest BCUT2D eigenvalue weighted by Gasteiger charge is -2.12. The van der Waals surface area contributed by atoms with E-state index >= 15 is 0 Å². The fourth-order valence-electron chi connectivity index (χ4n) is 1.67. The molecule has 2 rings (SSSR count). The summed E-state index contributed by atoms with van der Waals surface area (Å²) in [5, 5.41) is 0. The molecule has 1 aromatic rings. The Morgan fingerprint density at radius 3 is 2.44 bits per heavy atom. The summed E-state index contributed by atoms with van der Waals surface area (Å²) in [7, 11) is 0. The van der Waals surface area contributed by atoms with Crippen molar-refractivity contribution >= 4 is 17.4 Å². The Morgan fingerprint density at radius 2 is 1.81 bits per heavy atom. The third-order valence-corrected chi connectivity index (χ3v) is 2.45. The Balaban J connectivity index is 2.29. The largest absolute Gasteiger partial charge is 0.329 e. The summed E-state index contributed by atoms with van der Waals surface area (Å²) in [6, 6.07) is 9.15. The lowest BCUT2D eigenvalue weighted by molar-refractivity contribution is -0.136. The summed E-state index contributed by atoms with van der Waals surface area (Å²) in [6.07, 6.45) is 1.37. The van der Waals surface area contributed by atoms with Gasteiger partial charge in [0.15, 0.2) is 0 Å². The number of rotatable bonds is 3. The van der Waals surface area contributed by atoms with Crippen LogP contribution in [0.3, 0.4) is 0 Å². The van der Waals surface area contributed by atoms with Crippen LogP contribution in [0.4, 0.5) is 0 Å². The van der Waals surface area contributed by atoms with E-state index in [0.29, 0.717) is 5.57 Å². The zero-order chi connectivity index (χ0) is 11.5. The highest BCUT2D eigenvalue weighted by molar-refractivity contribution is 6.33. The molecule has 16 heavy (non-hydrogen) atoms. The topological polar surface area (TPSA) is 63.4 Å². The second-order valence-corrected chi connectivity index (χ2v) is 3.51. The van der Waals surface area contributed by atoms with Gasteiger partial charge in [-0.25, -0.2) is 0 Å². The zero-order valence-electron chi connectivity index (χ0n) is 8.72. The molecule has 0 fully saturated rings. The van der Waals surface area contributed by atoms with Crippen molar-refractivity contribution in [1.82, 2.24) is 4.90 Å². The molecule has 0 radical (unpaired) electrons. The summed E-state index contributed by atoms with van der Waals surface area (Å²) in [6.45, 7) is 0.553. The second kappa shape index (κ2) is 4.28. The first kappa shape index (κ1) is 10.6. The maximum Gasteiger partial charge on any atom is 0.261 e. The predicted octanol–water partition coefficient (Wildman–Crippen LogP) is 0.397. The first-order valence-electron chi connectivity index (χ1n) is 5.07. The molecule has 82 valence electrons. The van der Waals surface area contributed by atoms with Crippen LogP contribution >= 0.6 is 0 Å². The Morgan fingerprint density at radius 1 is 1.12 bits per heavy atom. The van der Waals surface area contributed by atoms with Gasteiger partial charge in [-0.2, -0.15) is 0 Å². The van der Waals surface area contributed by atoms with Crippen LogP contribution in [-0.2, 0) is 9.59 Å². The lowest BCUT2D eigenvalue weighted by Crippen LogP contribution is -2.35. The third kappa shape index (κ3) is 1.75. The van der Waals surface area contributed by atoms with Gasteiger partial charge in [-0.15, -0.1) is 0 Å². The van der Waals surface area contributed by atoms with E-state index in [1.165, 1.54) is 11.0 Å². The van der Waals surface area contributed by atoms with E-state index < -0.39 is 0 Å². The van der Waals surface area contributed by atoms with E-state index in [9.17, 15) is 9.59 Å². The number of nitrogens with two attached hydrogens (primary N) is 1. The molecule has 4 nitrogen and oxygen atoms in total. The minimum Gasteiger partial charge on any atom is -0.329 e. The quantitative estimate of drug-likeness (QED) is 0.744. The van der Waals surface area contributed by atoms with E-state index in [-0.39, 0.29) is 24.9 Å². The molecule has 0 bridgehead atoms. The third-order valence-electron chi connectivity index (χ3n) is 2.45. The molecular weight excluding hydrogens is 204 g/mol. The Kier molecular flexibility index (Phi) is 2.83. The van der Waals surface area contributed by atoms with Crippen LogP contribution in [0.15, 0.2) is 36.4 Å². The first-order valence-corrected chi connectivity index (χ1v) is 5.07. The van der Waals surface area contributed by atoms with Gasteiger partial charge in [0.05, 0.1) is 5.57 Å². The molecule has 2 N–H and O–H groups in total. The van der Waals surface area contributed by atoms with Crippen molar-refractivity contribution in [2.45, 2.75) is 0 Å². The van der Waals surface area contributed by atoms with Crippen molar-refractivity contribution in [3.8, 4) is 0 Å². The molecule has 0 saturated carbocycles. The highest BCUT2D eigenvalue weighted by Crippen LogP contribution is 2.22. The van der Waals surface area contributed by atoms with Gasteiger partial charge in [-0.3, -0.25) is 14.5 Å². The molecule has 1 heterocycles. The first-order chi connectivity index (χ1) is 7.74. The molecule has 1 aliphatic heterocycles. The van der Waals surface area contributed by atoms with Crippen LogP contribution in [0.1, 0.15) is 5.56 Å². The van der Waals surface area contributed by atoms with Crippen molar-refractivity contribution in [1.29, 1.82) is 0 Å². The number of carbonyl (C=O) groups is 2. The summed E-state index contributed by atoms with van der Waals surface area (Å²) in [5.74, 6) is -0.545. The van der Waals surface area contributed by atoms with E-state index in [2.05, 4.69) is 0 Å². The maximum atomic E-state index is 11.9. The maximum absolute atomic E-state index is 11.9. The summed E-state index contributed by atoms with van der Waals surface area (Å²) in [4.78, 5) is 24.6. The highest BCUT2D eigenvalue weighted by Gasteiger charge is 2.30. The molecular formula is C12H12N2O2. The molecule has 0 unspecified atom stereocenters. The monoisotopic (exact) mass is 216 g/mol. The Hall–Kier alpha value is -1.94. The van der Waals surface area contributed by atoms with Crippen molar-refractivity contribution < 1.29 is 9.59 Å². The average molecular weight is 216 g/mol. The molecule has 0 spiro atoms. The van der Waals surface area contributed by atoms with Crippen molar-refractivity contribution in [2.24, 2.45) is 5.73 Å². The summed E-state index contributed by atoms with van der Waals surface area (Å²) < 4.78 is 0. The van der Waals surface area contributed by atoms with Gasteiger partial charge >= 0.3 is 0 Å². The Labute approximate surface area is 93.3 Å². The van der Waals surface area contributed by atoms with Gasteiger partial charge in [0, 0.05) is 19.2 Å². The lowest BCUT2D eigenvalue weighted by atomic mass is 10.1. The van der Waals surface area contributed by atoms with Gasteiger partial charge in [0.1, 0.15) is 0 Å². The fourth-order valence-corrected chi connectivity index (χ4v) is 1.67. The van der Waals surface area contributed by atoms with Crippen LogP contribution in [0.25, 0.3) is 5.57 Å². The molecule has 0 aromatic heterocycles. The minimum atomic E-state index is -0.283. The minimum absolute atomic E-state index is 0.262. The van der Waals surface area contributed by atoms with Crippen LogP contribution < -0.4 is 5.73 Å². The van der Waals surface area contributed by atoms with Crippen LogP contribution in [0.2, 0.25) is 0 Å². The van der Waals surface area contributed by atoms with Crippen LogP contribution in [-0.4, -0.2) is 29.8 Å². The predicted molar refractivity (Wildman–Crippen MR) is 60.2 cm³/mol. The standard InChI is InChI=1S/C12H12N2O2/c13-6-7-14-11(15)8-10(12(14)16)9-4-2-1-3-5-9/h1-5,8H,6-7,13H2. The summed E-state index contributed by atoms with van der Waals surface area (Å²) in [5.41, 5.74) is 6.56. The molecule has 0 aliphatic carbocycles. The van der Waals surface area contributed by atoms with Crippen molar-refractivity contribution in [2.75, 3.05) is 13.1 Å². The van der Waals surface area contributed by atoms with Crippen molar-refractivity contribution in [3.63, 3.8) is 0 Å². The number of hydrogen-bond donors (Lipinski definition) is 1. The second-order valence-electron chi connectivity index (χ2n) is 3.51. The van der Waals surface area contributed by atoms with E-state index in [4.69, 9.17) is 5.73 Å². The SMILES string of the molecule is NCCN1C(=O)C=C(c2ccccc2)C1=O. The normalized spacial score (nSPS) is 15.6. The van der Waals surface area contributed by atoms with Crippen LogP contribution in [0, 0.1) is 0 Å². The molecule has 1 aromatic carbocycles. The molecule has 0 saturated heterocycles. The van der Waals surface area contributed by atoms with E-state index in [1.54, 1.807) is 0 Å². The number of amides is 2. The number of carbonyl (C=O) groups excluding carboxylic acids is 2.